The minimum absolute atomic E-state index is 0.0857. The van der Waals surface area contributed by atoms with E-state index in [1.54, 1.807) is 0 Å². The maximum atomic E-state index is 11.4. The molecule has 2 N–H and O–H groups in total. The molecule has 0 radical (unpaired) electrons. The second-order valence-electron chi connectivity index (χ2n) is 4.76. The summed E-state index contributed by atoms with van der Waals surface area (Å²) in [5, 5.41) is 3.29. The first-order valence-corrected chi connectivity index (χ1v) is 7.08. The van der Waals surface area contributed by atoms with E-state index in [0.29, 0.717) is 15.4 Å². The van der Waals surface area contributed by atoms with Crippen molar-refractivity contribution in [2.75, 3.05) is 5.32 Å². The number of aromatic nitrogens is 2. The van der Waals surface area contributed by atoms with Crippen LogP contribution in [-0.4, -0.2) is 16.0 Å². The first-order chi connectivity index (χ1) is 8.00. The van der Waals surface area contributed by atoms with Gasteiger partial charge in [-0.25, -0.2) is 4.98 Å². The van der Waals surface area contributed by atoms with Crippen LogP contribution in [0.3, 0.4) is 0 Å². The Morgan fingerprint density at radius 3 is 2.76 bits per heavy atom. The molecule has 1 aromatic rings. The van der Waals surface area contributed by atoms with Crippen LogP contribution in [0.1, 0.15) is 40.0 Å². The van der Waals surface area contributed by atoms with Gasteiger partial charge in [-0.2, -0.15) is 0 Å². The van der Waals surface area contributed by atoms with Crippen LogP contribution in [0.25, 0.3) is 0 Å². The predicted molar refractivity (Wildman–Crippen MR) is 79.3 cm³/mol. The highest BCUT2D eigenvalue weighted by atomic mass is 127. The summed E-state index contributed by atoms with van der Waals surface area (Å²) in [5.74, 6) is 1.44. The summed E-state index contributed by atoms with van der Waals surface area (Å²) >= 11 is 2.02. The highest BCUT2D eigenvalue weighted by molar-refractivity contribution is 14.1. The van der Waals surface area contributed by atoms with Gasteiger partial charge in [0.1, 0.15) is 9.39 Å². The number of hydrogen-bond donors (Lipinski definition) is 2. The van der Waals surface area contributed by atoms with Crippen molar-refractivity contribution >= 4 is 28.4 Å². The summed E-state index contributed by atoms with van der Waals surface area (Å²) in [5.41, 5.74) is -0.0857. The maximum absolute atomic E-state index is 11.4. The lowest BCUT2D eigenvalue weighted by molar-refractivity contribution is 0.520. The predicted octanol–water partition coefficient (Wildman–Crippen LogP) is 3.00. The Hall–Kier alpha value is -0.590. The average Bonchev–Trinajstić information content (AvgIpc) is 2.24. The van der Waals surface area contributed by atoms with Crippen LogP contribution in [0.4, 0.5) is 5.82 Å². The summed E-state index contributed by atoms with van der Waals surface area (Å²) < 4.78 is 0.626. The molecule has 1 unspecified atom stereocenters. The van der Waals surface area contributed by atoms with Crippen LogP contribution < -0.4 is 10.9 Å². The van der Waals surface area contributed by atoms with E-state index < -0.39 is 0 Å². The third-order valence-corrected chi connectivity index (χ3v) is 3.60. The second kappa shape index (κ2) is 6.98. The van der Waals surface area contributed by atoms with Crippen molar-refractivity contribution in [3.63, 3.8) is 0 Å². The molecule has 1 rings (SSSR count). The topological polar surface area (TPSA) is 57.8 Å². The molecule has 0 aliphatic rings. The van der Waals surface area contributed by atoms with Gasteiger partial charge >= 0.3 is 0 Å². The number of H-pyrrole nitrogens is 1. The van der Waals surface area contributed by atoms with Crippen molar-refractivity contribution in [3.05, 3.63) is 20.3 Å². The van der Waals surface area contributed by atoms with Crippen LogP contribution in [-0.2, 0) is 0 Å². The Balaban J connectivity index is 2.48. The number of nitrogens with one attached hydrogen (secondary N) is 2. The van der Waals surface area contributed by atoms with E-state index in [2.05, 4.69) is 36.1 Å². The molecule has 0 saturated heterocycles. The lowest BCUT2D eigenvalue weighted by Gasteiger charge is -2.15. The number of anilines is 1. The highest BCUT2D eigenvalue weighted by Crippen LogP contribution is 2.14. The Bertz CT molecular complexity index is 403. The lowest BCUT2D eigenvalue weighted by Crippen LogP contribution is -2.21. The molecular weight excluding hydrogens is 329 g/mol. The van der Waals surface area contributed by atoms with Crippen LogP contribution in [0, 0.1) is 9.49 Å². The Kier molecular flexibility index (Phi) is 5.94. The average molecular weight is 349 g/mol. The molecule has 96 valence electrons. The molecule has 1 heterocycles. The first kappa shape index (κ1) is 14.5. The van der Waals surface area contributed by atoms with Crippen molar-refractivity contribution in [1.82, 2.24) is 9.97 Å². The zero-order valence-electron chi connectivity index (χ0n) is 10.6. The number of hydrogen-bond acceptors (Lipinski definition) is 3. The molecule has 0 amide bonds. The summed E-state index contributed by atoms with van der Waals surface area (Å²) in [6.07, 6.45) is 4.98. The normalized spacial score (nSPS) is 12.8. The zero-order chi connectivity index (χ0) is 12.8. The van der Waals surface area contributed by atoms with E-state index in [1.807, 2.05) is 22.6 Å². The lowest BCUT2D eigenvalue weighted by atomic mass is 10.0. The zero-order valence-corrected chi connectivity index (χ0v) is 12.7. The third kappa shape index (κ3) is 5.06. The Labute approximate surface area is 116 Å². The molecule has 0 aliphatic heterocycles. The van der Waals surface area contributed by atoms with Gasteiger partial charge in [0.25, 0.3) is 5.56 Å². The fourth-order valence-corrected chi connectivity index (χ4v) is 2.07. The van der Waals surface area contributed by atoms with Gasteiger partial charge in [-0.05, 0) is 41.9 Å². The quantitative estimate of drug-likeness (QED) is 0.777. The third-order valence-electron chi connectivity index (χ3n) is 2.60. The van der Waals surface area contributed by atoms with Crippen molar-refractivity contribution in [3.8, 4) is 0 Å². The van der Waals surface area contributed by atoms with Gasteiger partial charge in [-0.3, -0.25) is 4.79 Å². The van der Waals surface area contributed by atoms with Crippen LogP contribution in [0.2, 0.25) is 0 Å². The molecule has 0 spiro atoms. The van der Waals surface area contributed by atoms with Crippen LogP contribution in [0.5, 0.6) is 0 Å². The molecule has 17 heavy (non-hydrogen) atoms. The van der Waals surface area contributed by atoms with Crippen molar-refractivity contribution < 1.29 is 0 Å². The largest absolute Gasteiger partial charge is 0.367 e. The minimum atomic E-state index is -0.0857. The van der Waals surface area contributed by atoms with Gasteiger partial charge in [0.15, 0.2) is 0 Å². The van der Waals surface area contributed by atoms with E-state index in [9.17, 15) is 4.79 Å². The molecule has 4 nitrogen and oxygen atoms in total. The molecule has 1 atom stereocenters. The van der Waals surface area contributed by atoms with Gasteiger partial charge in [-0.15, -0.1) is 0 Å². The van der Waals surface area contributed by atoms with E-state index in [4.69, 9.17) is 0 Å². The van der Waals surface area contributed by atoms with E-state index in [-0.39, 0.29) is 5.56 Å². The Morgan fingerprint density at radius 1 is 1.41 bits per heavy atom. The van der Waals surface area contributed by atoms with E-state index in [1.165, 1.54) is 19.2 Å². The molecule has 0 aromatic carbocycles. The van der Waals surface area contributed by atoms with Gasteiger partial charge in [0.05, 0.1) is 6.33 Å². The standard InChI is InChI=1S/C12H20IN3O/c1-8(2)5-4-6-9(3)16-11-10(13)12(17)15-7-14-11/h7-9H,4-6H2,1-3H3,(H2,14,15,16,17). The number of aromatic amines is 1. The molecule has 0 aliphatic carbocycles. The van der Waals surface area contributed by atoms with Crippen molar-refractivity contribution in [1.29, 1.82) is 0 Å². The first-order valence-electron chi connectivity index (χ1n) is 6.00. The van der Waals surface area contributed by atoms with Crippen molar-refractivity contribution in [2.24, 2.45) is 5.92 Å². The highest BCUT2D eigenvalue weighted by Gasteiger charge is 2.08. The molecule has 1 aromatic heterocycles. The van der Waals surface area contributed by atoms with Crippen molar-refractivity contribution in [2.45, 2.75) is 46.1 Å². The molecule has 0 bridgehead atoms. The SMILES string of the molecule is CC(C)CCCC(C)Nc1nc[nH]c(=O)c1I. The molecule has 5 heteroatoms. The van der Waals surface area contributed by atoms with Gasteiger partial charge < -0.3 is 10.3 Å². The minimum Gasteiger partial charge on any atom is -0.367 e. The summed E-state index contributed by atoms with van der Waals surface area (Å²) in [7, 11) is 0. The van der Waals surface area contributed by atoms with E-state index >= 15 is 0 Å². The van der Waals surface area contributed by atoms with Crippen LogP contribution in [0.15, 0.2) is 11.1 Å². The van der Waals surface area contributed by atoms with Gasteiger partial charge in [-0.1, -0.05) is 26.7 Å². The van der Waals surface area contributed by atoms with Crippen LogP contribution >= 0.6 is 22.6 Å². The maximum Gasteiger partial charge on any atom is 0.266 e. The van der Waals surface area contributed by atoms with E-state index in [0.717, 1.165) is 12.3 Å². The summed E-state index contributed by atoms with van der Waals surface area (Å²) in [6.45, 7) is 6.60. The fourth-order valence-electron chi connectivity index (χ4n) is 1.62. The Morgan fingerprint density at radius 2 is 2.12 bits per heavy atom. The fraction of sp³-hybridized carbons (Fsp3) is 0.667. The smallest absolute Gasteiger partial charge is 0.266 e. The molecular formula is C12H20IN3O. The molecule has 0 fully saturated rings. The van der Waals surface area contributed by atoms with Gasteiger partial charge in [0, 0.05) is 6.04 Å². The summed E-state index contributed by atoms with van der Waals surface area (Å²) in [6, 6.07) is 0.344. The summed E-state index contributed by atoms with van der Waals surface area (Å²) in [4.78, 5) is 18.1. The second-order valence-corrected chi connectivity index (χ2v) is 5.84. The monoisotopic (exact) mass is 349 g/mol. The molecule has 0 saturated carbocycles. The number of halogens is 1. The number of rotatable bonds is 6. The van der Waals surface area contributed by atoms with Gasteiger partial charge in [0.2, 0.25) is 0 Å². The number of nitrogens with zero attached hydrogens (tertiary/aromatic N) is 1.